The van der Waals surface area contributed by atoms with Crippen LogP contribution in [0.4, 0.5) is 25.0 Å². The number of ether oxygens (including phenoxy) is 4. The minimum Gasteiger partial charge on any atom is -0.491 e. The smallest absolute Gasteiger partial charge is 0.407 e. The molecule has 17 heteroatoms. The van der Waals surface area contributed by atoms with Crippen molar-refractivity contribution in [1.29, 1.82) is 0 Å². The van der Waals surface area contributed by atoms with Gasteiger partial charge in [0.15, 0.2) is 0 Å². The van der Waals surface area contributed by atoms with Gasteiger partial charge in [-0.1, -0.05) is 0 Å². The van der Waals surface area contributed by atoms with E-state index < -0.39 is 47.3 Å². The van der Waals surface area contributed by atoms with E-state index in [0.717, 1.165) is 43.6 Å². The molecule has 0 bridgehead atoms. The molecule has 1 N–H and O–H groups in total. The van der Waals surface area contributed by atoms with Crippen molar-refractivity contribution in [1.82, 2.24) is 34.4 Å². The van der Waals surface area contributed by atoms with Gasteiger partial charge in [0.2, 0.25) is 5.79 Å². The maximum absolute atomic E-state index is 14.9. The fourth-order valence-electron chi connectivity index (χ4n) is 6.87. The summed E-state index contributed by atoms with van der Waals surface area (Å²) in [6.07, 6.45) is 3.25. The fourth-order valence-corrected chi connectivity index (χ4v) is 6.87. The number of anilines is 2. The predicted molar refractivity (Wildman–Crippen MR) is 207 cm³/mol. The summed E-state index contributed by atoms with van der Waals surface area (Å²) in [6.45, 7) is 12.5. The van der Waals surface area contributed by atoms with Crippen molar-refractivity contribution in [2.24, 2.45) is 0 Å². The zero-order valence-corrected chi connectivity index (χ0v) is 32.5. The van der Waals surface area contributed by atoms with Gasteiger partial charge in [0.1, 0.15) is 61.2 Å². The highest BCUT2D eigenvalue weighted by Crippen LogP contribution is 2.38. The third-order valence-corrected chi connectivity index (χ3v) is 10.00. The van der Waals surface area contributed by atoms with E-state index in [1.807, 2.05) is 55.5 Å². The molecule has 5 aromatic rings. The molecule has 2 aliphatic heterocycles. The van der Waals surface area contributed by atoms with Gasteiger partial charge in [-0.05, 0) is 95.3 Å². The summed E-state index contributed by atoms with van der Waals surface area (Å²) in [5, 5.41) is 11.2. The number of amides is 1. The first-order valence-corrected chi connectivity index (χ1v) is 18.9. The fraction of sp³-hybridized carbons (Fsp3) is 0.425. The summed E-state index contributed by atoms with van der Waals surface area (Å²) in [5.41, 5.74) is 1.94. The molecule has 57 heavy (non-hydrogen) atoms. The van der Waals surface area contributed by atoms with Crippen molar-refractivity contribution in [2.75, 3.05) is 49.2 Å². The van der Waals surface area contributed by atoms with Gasteiger partial charge in [0.25, 0.3) is 0 Å². The summed E-state index contributed by atoms with van der Waals surface area (Å²) in [7, 11) is 0. The van der Waals surface area contributed by atoms with Crippen molar-refractivity contribution < 1.29 is 32.5 Å². The van der Waals surface area contributed by atoms with Crippen LogP contribution in [0.1, 0.15) is 46.2 Å². The Balaban J connectivity index is 0.900. The minimum atomic E-state index is -1.53. The summed E-state index contributed by atoms with van der Waals surface area (Å²) in [4.78, 5) is 34.1. The van der Waals surface area contributed by atoms with Crippen molar-refractivity contribution in [3.63, 3.8) is 0 Å². The lowest BCUT2D eigenvalue weighted by Crippen LogP contribution is -2.46. The summed E-state index contributed by atoms with van der Waals surface area (Å²) >= 11 is 0. The highest BCUT2D eigenvalue weighted by Gasteiger charge is 2.46. The Morgan fingerprint density at radius 2 is 1.58 bits per heavy atom. The van der Waals surface area contributed by atoms with Gasteiger partial charge < -0.3 is 34.1 Å². The molecule has 2 fully saturated rings. The van der Waals surface area contributed by atoms with Crippen molar-refractivity contribution in [3.05, 3.63) is 113 Å². The third kappa shape index (κ3) is 9.10. The summed E-state index contributed by atoms with van der Waals surface area (Å²) in [5.74, 6) is -2.36. The van der Waals surface area contributed by atoms with Gasteiger partial charge in [-0.25, -0.2) is 37.3 Å². The number of hydrogen-bond acceptors (Lipinski definition) is 11. The van der Waals surface area contributed by atoms with Crippen LogP contribution in [0.3, 0.4) is 0 Å². The van der Waals surface area contributed by atoms with Crippen LogP contribution < -0.4 is 25.5 Å². The highest BCUT2D eigenvalue weighted by molar-refractivity contribution is 5.68. The number of carbonyl (C=O) groups excluding carboxylic acids is 1. The largest absolute Gasteiger partial charge is 0.491 e. The Labute approximate surface area is 328 Å². The van der Waals surface area contributed by atoms with Gasteiger partial charge in [-0.2, -0.15) is 10.2 Å². The Morgan fingerprint density at radius 3 is 2.19 bits per heavy atom. The van der Waals surface area contributed by atoms with Crippen LogP contribution in [0.2, 0.25) is 0 Å². The van der Waals surface area contributed by atoms with Crippen LogP contribution in [0.25, 0.3) is 5.69 Å². The normalized spacial score (nSPS) is 19.7. The van der Waals surface area contributed by atoms with E-state index in [2.05, 4.69) is 30.3 Å². The zero-order valence-electron chi connectivity index (χ0n) is 32.5. The number of nitrogens with zero attached hydrogens (tertiary/aromatic N) is 8. The number of alkyl carbamates (subject to hydrolysis) is 1. The predicted octanol–water partition coefficient (Wildman–Crippen LogP) is 5.05. The monoisotopic (exact) mass is 787 g/mol. The van der Waals surface area contributed by atoms with Crippen LogP contribution in [0, 0.1) is 11.6 Å². The van der Waals surface area contributed by atoms with E-state index in [9.17, 15) is 18.4 Å². The lowest BCUT2D eigenvalue weighted by atomic mass is 10.0. The molecule has 4 atom stereocenters. The number of benzene rings is 3. The van der Waals surface area contributed by atoms with Crippen LogP contribution in [0.15, 0.2) is 90.5 Å². The molecule has 0 saturated carbocycles. The first kappa shape index (κ1) is 39.4. The van der Waals surface area contributed by atoms with Crippen LogP contribution in [0.5, 0.6) is 5.75 Å². The average Bonchev–Trinajstić information content (AvgIpc) is 3.94. The van der Waals surface area contributed by atoms with Crippen molar-refractivity contribution in [2.45, 2.75) is 70.7 Å². The first-order valence-electron chi connectivity index (χ1n) is 18.9. The van der Waals surface area contributed by atoms with Gasteiger partial charge in [-0.3, -0.25) is 0 Å². The molecular formula is C40H47F2N9O6. The quantitative estimate of drug-likeness (QED) is 0.182. The lowest BCUT2D eigenvalue weighted by molar-refractivity contribution is -0.192. The van der Waals surface area contributed by atoms with Crippen LogP contribution >= 0.6 is 0 Å². The van der Waals surface area contributed by atoms with Gasteiger partial charge >= 0.3 is 11.8 Å². The maximum atomic E-state index is 14.9. The Kier molecular flexibility index (Phi) is 11.3. The van der Waals surface area contributed by atoms with Crippen LogP contribution in [-0.2, 0) is 26.5 Å². The molecule has 2 saturated heterocycles. The zero-order chi connectivity index (χ0) is 40.3. The van der Waals surface area contributed by atoms with E-state index in [1.54, 1.807) is 27.7 Å². The number of piperazine rings is 1. The number of nitrogens with one attached hydrogen (secondary N) is 1. The van der Waals surface area contributed by atoms with E-state index in [-0.39, 0.29) is 31.0 Å². The molecule has 3 aromatic carbocycles. The minimum absolute atomic E-state index is 0.0190. The molecule has 15 nitrogen and oxygen atoms in total. The second kappa shape index (κ2) is 16.3. The molecule has 7 rings (SSSR count). The number of halogens is 2. The highest BCUT2D eigenvalue weighted by atomic mass is 19.1. The molecule has 4 heterocycles. The molecular weight excluding hydrogens is 740 g/mol. The summed E-state index contributed by atoms with van der Waals surface area (Å²) < 4.78 is 56.6. The van der Waals surface area contributed by atoms with E-state index in [4.69, 9.17) is 18.9 Å². The van der Waals surface area contributed by atoms with Gasteiger partial charge in [0, 0.05) is 49.2 Å². The molecule has 0 spiro atoms. The maximum Gasteiger partial charge on any atom is 0.407 e. The molecule has 0 aliphatic carbocycles. The van der Waals surface area contributed by atoms with Crippen molar-refractivity contribution in [3.8, 4) is 11.4 Å². The second-order valence-corrected chi connectivity index (χ2v) is 15.2. The topological polar surface area (TPSA) is 143 Å². The number of hydrogen-bond donors (Lipinski definition) is 1. The van der Waals surface area contributed by atoms with Crippen LogP contribution in [-0.4, -0.2) is 92.3 Å². The second-order valence-electron chi connectivity index (χ2n) is 15.2. The molecule has 2 aliphatic rings. The molecule has 302 valence electrons. The summed E-state index contributed by atoms with van der Waals surface area (Å²) in [6, 6.07) is 18.1. The van der Waals surface area contributed by atoms with Crippen molar-refractivity contribution >= 4 is 17.5 Å². The third-order valence-electron chi connectivity index (χ3n) is 10.00. The number of carbonyl (C=O) groups is 1. The average molecular weight is 788 g/mol. The Bertz CT molecular complexity index is 2180. The molecule has 2 aromatic heterocycles. The SMILES string of the molecule is CC(NC(=O)OC(C)(C)C)[C@H](C)n1ncn(-c2ccc(N3CCN(c4ccc(OC[C@@H]5CO[C@@](Cn6cncn6)(c6ccc(F)cc6F)O5)cc4)CC3)cc2)c1=O. The Morgan fingerprint density at radius 1 is 0.930 bits per heavy atom. The van der Waals surface area contributed by atoms with Gasteiger partial charge in [0.05, 0.1) is 24.4 Å². The Hall–Kier alpha value is -5.81. The van der Waals surface area contributed by atoms with E-state index in [1.165, 1.54) is 45.0 Å². The van der Waals surface area contributed by atoms with E-state index in [0.29, 0.717) is 11.4 Å². The standard InChI is InChI=1S/C40H47F2N9O6/c1-27(46-37(52)57-39(3,4)5)28(2)51-38(53)50(26-45-51)32-9-7-30(8-10-32)47-16-18-48(19-17-47)31-11-13-33(14-12-31)54-21-34-22-55-40(56-34,23-49-25-43-24-44-49)35-15-6-29(41)20-36(35)42/h6-15,20,24-28,34H,16-19,21-23H2,1-5H3,(H,46,52)/t27?,28-,34+,40+/m0/s1. The molecule has 1 unspecified atom stereocenters. The molecule has 0 radical (unpaired) electrons. The van der Waals surface area contributed by atoms with Gasteiger partial charge in [-0.15, -0.1) is 0 Å². The first-order chi connectivity index (χ1) is 27.3. The van der Waals surface area contributed by atoms with E-state index >= 15 is 0 Å². The molecule has 1 amide bonds. The lowest BCUT2D eigenvalue weighted by Gasteiger charge is -2.37. The number of rotatable bonds is 12. The number of aromatic nitrogens is 6.